The van der Waals surface area contributed by atoms with Crippen molar-refractivity contribution in [1.82, 2.24) is 4.90 Å². The van der Waals surface area contributed by atoms with Gasteiger partial charge in [0.05, 0.1) is 12.1 Å². The van der Waals surface area contributed by atoms with Gasteiger partial charge in [0, 0.05) is 12.4 Å². The summed E-state index contributed by atoms with van der Waals surface area (Å²) in [6.45, 7) is 4.68. The van der Waals surface area contributed by atoms with Crippen molar-refractivity contribution in [2.45, 2.75) is 32.8 Å². The highest BCUT2D eigenvalue weighted by Gasteiger charge is 2.20. The van der Waals surface area contributed by atoms with Gasteiger partial charge in [0.1, 0.15) is 6.61 Å². The highest BCUT2D eigenvalue weighted by atomic mass is 35.5. The molecule has 16 heavy (non-hydrogen) atoms. The Balaban J connectivity index is 4.16. The molecule has 0 saturated carbocycles. The largest absolute Gasteiger partial charge is 0.366 e. The summed E-state index contributed by atoms with van der Waals surface area (Å²) in [5.74, 6) is -0.329. The Labute approximate surface area is 99.7 Å². The van der Waals surface area contributed by atoms with E-state index in [9.17, 15) is 13.6 Å². The molecule has 1 amide bonds. The van der Waals surface area contributed by atoms with Crippen LogP contribution < -0.4 is 0 Å². The van der Waals surface area contributed by atoms with E-state index < -0.39 is 24.5 Å². The van der Waals surface area contributed by atoms with Gasteiger partial charge >= 0.3 is 0 Å². The maximum atomic E-state index is 12.2. The zero-order valence-electron chi connectivity index (χ0n) is 9.80. The molecule has 0 N–H and O–H groups in total. The summed E-state index contributed by atoms with van der Waals surface area (Å²) < 4.78 is 29.6. The molecule has 0 heterocycles. The van der Waals surface area contributed by atoms with Crippen LogP contribution in [0.15, 0.2) is 0 Å². The third-order valence-electron chi connectivity index (χ3n) is 1.69. The van der Waals surface area contributed by atoms with Crippen molar-refractivity contribution < 1.29 is 18.3 Å². The molecule has 3 nitrogen and oxygen atoms in total. The summed E-state index contributed by atoms with van der Waals surface area (Å²) in [6, 6.07) is 0. The van der Waals surface area contributed by atoms with Gasteiger partial charge in [-0.1, -0.05) is 0 Å². The molecule has 0 atom stereocenters. The van der Waals surface area contributed by atoms with E-state index >= 15 is 0 Å². The van der Waals surface area contributed by atoms with Crippen LogP contribution in [0.25, 0.3) is 0 Å². The molecule has 0 aromatic carbocycles. The van der Waals surface area contributed by atoms with Crippen LogP contribution in [0.5, 0.6) is 0 Å². The molecule has 0 unspecified atom stereocenters. The molecule has 0 aliphatic heterocycles. The predicted molar refractivity (Wildman–Crippen MR) is 59.0 cm³/mol. The molecule has 0 aliphatic rings. The lowest BCUT2D eigenvalue weighted by Crippen LogP contribution is -2.40. The summed E-state index contributed by atoms with van der Waals surface area (Å²) in [5, 5.41) is 0. The minimum absolute atomic E-state index is 0.109. The molecule has 6 heteroatoms. The van der Waals surface area contributed by atoms with Gasteiger partial charge in [-0.3, -0.25) is 4.79 Å². The fourth-order valence-electron chi connectivity index (χ4n) is 0.956. The van der Waals surface area contributed by atoms with Gasteiger partial charge < -0.3 is 9.64 Å². The van der Waals surface area contributed by atoms with E-state index in [2.05, 4.69) is 0 Å². The van der Waals surface area contributed by atoms with E-state index in [4.69, 9.17) is 16.3 Å². The van der Waals surface area contributed by atoms with E-state index in [1.54, 1.807) is 20.8 Å². The fraction of sp³-hybridized carbons (Fsp3) is 0.900. The Morgan fingerprint density at radius 2 is 2.00 bits per heavy atom. The summed E-state index contributed by atoms with van der Waals surface area (Å²) in [4.78, 5) is 12.5. The molecule has 0 saturated heterocycles. The van der Waals surface area contributed by atoms with Crippen molar-refractivity contribution in [3.63, 3.8) is 0 Å². The minimum atomic E-state index is -2.55. The lowest BCUT2D eigenvalue weighted by atomic mass is 10.2. The number of amides is 1. The van der Waals surface area contributed by atoms with Gasteiger partial charge in [0.25, 0.3) is 6.43 Å². The minimum Gasteiger partial charge on any atom is -0.366 e. The molecule has 0 rings (SSSR count). The van der Waals surface area contributed by atoms with Gasteiger partial charge in [0.15, 0.2) is 0 Å². The summed E-state index contributed by atoms with van der Waals surface area (Å²) in [7, 11) is 0. The smallest absolute Gasteiger partial charge is 0.255 e. The van der Waals surface area contributed by atoms with Crippen molar-refractivity contribution in [3.8, 4) is 0 Å². The van der Waals surface area contributed by atoms with Crippen LogP contribution in [0.3, 0.4) is 0 Å². The van der Waals surface area contributed by atoms with Crippen LogP contribution in [0, 0.1) is 0 Å². The Morgan fingerprint density at radius 1 is 1.44 bits per heavy atom. The number of rotatable bonds is 6. The summed E-state index contributed by atoms with van der Waals surface area (Å²) in [5.41, 5.74) is -0.465. The lowest BCUT2D eigenvalue weighted by Gasteiger charge is -2.24. The normalized spacial score (nSPS) is 11.9. The van der Waals surface area contributed by atoms with Gasteiger partial charge in [-0.2, -0.15) is 0 Å². The van der Waals surface area contributed by atoms with Crippen molar-refractivity contribution >= 4 is 17.5 Å². The quantitative estimate of drug-likeness (QED) is 0.683. The monoisotopic (exact) mass is 257 g/mol. The molecule has 0 fully saturated rings. The number of hydrogen-bond acceptors (Lipinski definition) is 2. The zero-order valence-corrected chi connectivity index (χ0v) is 10.6. The summed E-state index contributed by atoms with van der Waals surface area (Å²) in [6.07, 6.45) is -2.55. The summed E-state index contributed by atoms with van der Waals surface area (Å²) >= 11 is 5.43. The van der Waals surface area contributed by atoms with Gasteiger partial charge in [-0.05, 0) is 20.8 Å². The molecule has 0 aromatic heterocycles. The van der Waals surface area contributed by atoms with Crippen molar-refractivity contribution in [2.75, 3.05) is 25.6 Å². The van der Waals surface area contributed by atoms with Gasteiger partial charge in [-0.25, -0.2) is 8.78 Å². The van der Waals surface area contributed by atoms with Crippen molar-refractivity contribution in [3.05, 3.63) is 0 Å². The number of halogens is 3. The molecule has 0 aliphatic carbocycles. The molecule has 0 aromatic rings. The van der Waals surface area contributed by atoms with Crippen LogP contribution in [-0.2, 0) is 9.53 Å². The number of carbonyl (C=O) groups is 1. The number of ether oxygens (including phenoxy) is 1. The van der Waals surface area contributed by atoms with E-state index in [1.807, 2.05) is 0 Å². The molecule has 96 valence electrons. The first-order valence-electron chi connectivity index (χ1n) is 5.02. The van der Waals surface area contributed by atoms with Crippen LogP contribution in [-0.4, -0.2) is 48.4 Å². The standard InChI is InChI=1S/C10H18ClF2NO2/c1-10(2,3)16-7-9(15)14(5-4-11)6-8(12)13/h8H,4-7H2,1-3H3. The molecular formula is C10H18ClF2NO2. The molecule has 0 spiro atoms. The van der Waals surface area contributed by atoms with E-state index in [0.29, 0.717) is 0 Å². The SMILES string of the molecule is CC(C)(C)OCC(=O)N(CCCl)CC(F)F. The van der Waals surface area contributed by atoms with Crippen LogP contribution in [0.1, 0.15) is 20.8 Å². The van der Waals surface area contributed by atoms with Gasteiger partial charge in [-0.15, -0.1) is 11.6 Å². The second-order valence-electron chi connectivity index (χ2n) is 4.32. The first-order chi connectivity index (χ1) is 7.26. The van der Waals surface area contributed by atoms with Crippen LogP contribution in [0.2, 0.25) is 0 Å². The molecular weight excluding hydrogens is 240 g/mol. The third-order valence-corrected chi connectivity index (χ3v) is 1.86. The highest BCUT2D eigenvalue weighted by Crippen LogP contribution is 2.07. The molecule has 0 radical (unpaired) electrons. The maximum Gasteiger partial charge on any atom is 0.255 e. The zero-order chi connectivity index (χ0) is 12.8. The highest BCUT2D eigenvalue weighted by molar-refractivity contribution is 6.18. The third kappa shape index (κ3) is 7.82. The van der Waals surface area contributed by atoms with E-state index in [0.717, 1.165) is 4.90 Å². The fourth-order valence-corrected chi connectivity index (χ4v) is 1.16. The first-order valence-corrected chi connectivity index (χ1v) is 5.55. The lowest BCUT2D eigenvalue weighted by molar-refractivity contribution is -0.142. The topological polar surface area (TPSA) is 29.5 Å². The first kappa shape index (κ1) is 15.6. The Morgan fingerprint density at radius 3 is 2.38 bits per heavy atom. The van der Waals surface area contributed by atoms with Crippen molar-refractivity contribution in [1.29, 1.82) is 0 Å². The average molecular weight is 258 g/mol. The maximum absolute atomic E-state index is 12.2. The average Bonchev–Trinajstić information content (AvgIpc) is 2.11. The second kappa shape index (κ2) is 7.01. The van der Waals surface area contributed by atoms with E-state index in [-0.39, 0.29) is 19.0 Å². The van der Waals surface area contributed by atoms with Crippen LogP contribution in [0.4, 0.5) is 8.78 Å². The number of hydrogen-bond donors (Lipinski definition) is 0. The number of alkyl halides is 3. The molecule has 0 bridgehead atoms. The number of nitrogens with zero attached hydrogens (tertiary/aromatic N) is 1. The second-order valence-corrected chi connectivity index (χ2v) is 4.70. The van der Waals surface area contributed by atoms with E-state index in [1.165, 1.54) is 0 Å². The van der Waals surface area contributed by atoms with Crippen LogP contribution >= 0.6 is 11.6 Å². The Hall–Kier alpha value is -0.420. The number of carbonyl (C=O) groups excluding carboxylic acids is 1. The van der Waals surface area contributed by atoms with Crippen molar-refractivity contribution in [2.24, 2.45) is 0 Å². The Kier molecular flexibility index (Phi) is 6.83. The van der Waals surface area contributed by atoms with Gasteiger partial charge in [0.2, 0.25) is 5.91 Å². The Bertz CT molecular complexity index is 219. The predicted octanol–water partition coefficient (Wildman–Crippen LogP) is 2.13.